The van der Waals surface area contributed by atoms with Gasteiger partial charge in [0.15, 0.2) is 17.7 Å². The van der Waals surface area contributed by atoms with E-state index in [2.05, 4.69) is 226 Å². The fraction of sp³-hybridized carbons (Fsp3) is 1.00. The van der Waals surface area contributed by atoms with Gasteiger partial charge in [-0.3, -0.25) is 58.8 Å². The molecule has 51 heavy (non-hydrogen) atoms. The third kappa shape index (κ3) is 12.3. The van der Waals surface area contributed by atoms with Crippen LogP contribution >= 0.6 is 0 Å². The fourth-order valence-electron chi connectivity index (χ4n) is 8.79. The van der Waals surface area contributed by atoms with E-state index in [4.69, 9.17) is 0 Å². The highest BCUT2D eigenvalue weighted by Gasteiger charge is 2.48. The Hall–Kier alpha value is -0.480. The van der Waals surface area contributed by atoms with Gasteiger partial charge < -0.3 is 0 Å². The molecule has 0 aromatic rings. The van der Waals surface area contributed by atoms with Crippen LogP contribution in [0.3, 0.4) is 0 Å². The normalized spacial score (nSPS) is 13.4. The summed E-state index contributed by atoms with van der Waals surface area (Å²) in [5.41, 5.74) is 0. The average molecular weight is 733 g/mol. The van der Waals surface area contributed by atoms with E-state index in [0.717, 1.165) is 78.5 Å². The maximum Gasteiger partial charge on any atom is 0.191 e. The smallest absolute Gasteiger partial charge is 0.191 e. The minimum atomic E-state index is -0.167. The van der Waals surface area contributed by atoms with Gasteiger partial charge in [-0.15, -0.1) is 0 Å². The lowest BCUT2D eigenvalue weighted by Gasteiger charge is -2.60. The van der Waals surface area contributed by atoms with Crippen molar-refractivity contribution in [2.75, 3.05) is 163 Å². The summed E-state index contributed by atoms with van der Waals surface area (Å²) in [6, 6.07) is 0. The second kappa shape index (κ2) is 27.2. The first-order valence-electron chi connectivity index (χ1n) is 20.3. The molecule has 0 radical (unpaired) electrons. The maximum absolute atomic E-state index is 2.62. The van der Waals surface area contributed by atoms with Crippen molar-refractivity contribution in [2.45, 2.75) is 101 Å². The molecule has 0 saturated heterocycles. The van der Waals surface area contributed by atoms with Crippen molar-refractivity contribution >= 4 is 0 Å². The first-order chi connectivity index (χ1) is 23.8. The van der Waals surface area contributed by atoms with E-state index in [1.807, 2.05) is 0 Å². The summed E-state index contributed by atoms with van der Waals surface area (Å²) in [5, 5.41) is 0. The van der Waals surface area contributed by atoms with Crippen LogP contribution in [0.4, 0.5) is 0 Å². The Bertz CT molecular complexity index is 671. The Morgan fingerprint density at radius 2 is 0.373 bits per heavy atom. The van der Waals surface area contributed by atoms with Crippen LogP contribution in [0.25, 0.3) is 0 Å². The van der Waals surface area contributed by atoms with Crippen LogP contribution in [0.15, 0.2) is 0 Å². The lowest BCUT2D eigenvalue weighted by molar-refractivity contribution is -0.254. The van der Waals surface area contributed by atoms with Crippen LogP contribution in [0, 0.1) is 0 Å². The van der Waals surface area contributed by atoms with Gasteiger partial charge in [0, 0.05) is 0 Å². The lowest BCUT2D eigenvalue weighted by Crippen LogP contribution is -2.77. The maximum atomic E-state index is 2.62. The van der Waals surface area contributed by atoms with Crippen molar-refractivity contribution in [3.05, 3.63) is 0 Å². The molecular weight excluding hydrogens is 637 g/mol. The lowest BCUT2D eigenvalue weighted by atomic mass is 10.2. The molecule has 0 bridgehead atoms. The van der Waals surface area contributed by atoms with Crippen molar-refractivity contribution in [1.82, 2.24) is 58.8 Å². The Labute approximate surface area is 322 Å². The van der Waals surface area contributed by atoms with E-state index < -0.39 is 0 Å². The van der Waals surface area contributed by atoms with Gasteiger partial charge >= 0.3 is 0 Å². The molecule has 312 valence electrons. The van der Waals surface area contributed by atoms with E-state index in [0.29, 0.717) is 0 Å². The number of hydrogen-bond acceptors (Lipinski definition) is 12. The number of rotatable bonds is 24. The largest absolute Gasteiger partial charge is 0.266 e. The van der Waals surface area contributed by atoms with Gasteiger partial charge in [0.05, 0.1) is 0 Å². The van der Waals surface area contributed by atoms with Crippen LogP contribution in [0.1, 0.15) is 83.1 Å². The van der Waals surface area contributed by atoms with Crippen molar-refractivity contribution in [3.63, 3.8) is 0 Å². The molecule has 0 aliphatic carbocycles. The third-order valence-corrected chi connectivity index (χ3v) is 11.1. The summed E-state index contributed by atoms with van der Waals surface area (Å²) in [5.74, 6) is -0.396. The van der Waals surface area contributed by atoms with Gasteiger partial charge in [-0.2, -0.15) is 0 Å². The molecule has 0 heterocycles. The van der Waals surface area contributed by atoms with Crippen LogP contribution in [0.2, 0.25) is 0 Å². The molecule has 0 N–H and O–H groups in total. The summed E-state index contributed by atoms with van der Waals surface area (Å²) in [7, 11) is 25.5. The van der Waals surface area contributed by atoms with E-state index in [9.17, 15) is 0 Å². The van der Waals surface area contributed by atoms with E-state index in [1.165, 1.54) is 0 Å². The van der Waals surface area contributed by atoms with E-state index in [1.54, 1.807) is 0 Å². The van der Waals surface area contributed by atoms with Crippen molar-refractivity contribution in [2.24, 2.45) is 0 Å². The van der Waals surface area contributed by atoms with Gasteiger partial charge in [0.1, 0.15) is 0 Å². The Kier molecular flexibility index (Phi) is 29.2. The molecule has 0 fully saturated rings. The number of nitrogens with zero attached hydrogens (tertiary/aromatic N) is 12. The van der Waals surface area contributed by atoms with Gasteiger partial charge in [0.2, 0.25) is 0 Å². The molecule has 0 aliphatic heterocycles. The second-order valence-electron chi connectivity index (χ2n) is 14.1. The predicted octanol–water partition coefficient (Wildman–Crippen LogP) is 4.21. The monoisotopic (exact) mass is 733 g/mol. The molecule has 0 saturated carbocycles. The zero-order chi connectivity index (χ0) is 40.9. The molecule has 0 aliphatic rings. The highest BCUT2D eigenvalue weighted by Crippen LogP contribution is 2.30. The molecule has 12 nitrogen and oxygen atoms in total. The van der Waals surface area contributed by atoms with Crippen LogP contribution in [0.5, 0.6) is 0 Å². The first-order valence-corrected chi connectivity index (χ1v) is 20.3. The highest BCUT2D eigenvalue weighted by molar-refractivity contribution is 4.89. The Morgan fingerprint density at radius 1 is 0.216 bits per heavy atom. The summed E-state index contributed by atoms with van der Waals surface area (Å²) in [4.78, 5) is 28.9. The van der Waals surface area contributed by atoms with Crippen LogP contribution in [-0.2, 0) is 0 Å². The summed E-state index contributed by atoms with van der Waals surface area (Å²) < 4.78 is 0. The Morgan fingerprint density at radius 3 is 0.451 bits per heavy atom. The van der Waals surface area contributed by atoms with Crippen molar-refractivity contribution in [1.29, 1.82) is 0 Å². The molecule has 0 unspecified atom stereocenters. The SMILES string of the molecule is CCN(C)C(N(C)CC)(N(C)CC)N(C)CC.CCN(CC)C(N(CC)CC)(N(CC)CC)N(CC)CC.CN(C)C(N(C)C)(N(C)C)N(C)C. The topological polar surface area (TPSA) is 38.9 Å². The number of hydrogen-bond donors (Lipinski definition) is 0. The highest BCUT2D eigenvalue weighted by atomic mass is 15.7. The summed E-state index contributed by atoms with van der Waals surface area (Å²) in [6.45, 7) is 39.8. The molecular formula is C39H96N12. The molecule has 12 heteroatoms. The van der Waals surface area contributed by atoms with E-state index >= 15 is 0 Å². The predicted molar refractivity (Wildman–Crippen MR) is 228 cm³/mol. The van der Waals surface area contributed by atoms with Gasteiger partial charge in [-0.1, -0.05) is 83.1 Å². The average Bonchev–Trinajstić information content (AvgIpc) is 3.09. The van der Waals surface area contributed by atoms with Gasteiger partial charge in [-0.05, 0) is 163 Å². The van der Waals surface area contributed by atoms with Gasteiger partial charge in [-0.25, -0.2) is 0 Å². The minimum Gasteiger partial charge on any atom is -0.266 e. The second-order valence-corrected chi connectivity index (χ2v) is 14.1. The quantitative estimate of drug-likeness (QED) is 0.134. The molecule has 0 rings (SSSR count). The first kappa shape index (κ1) is 54.9. The van der Waals surface area contributed by atoms with Gasteiger partial charge in [0.25, 0.3) is 0 Å². The van der Waals surface area contributed by atoms with Crippen molar-refractivity contribution < 1.29 is 0 Å². The van der Waals surface area contributed by atoms with E-state index in [-0.39, 0.29) is 17.7 Å². The zero-order valence-electron chi connectivity index (χ0n) is 39.4. The summed E-state index contributed by atoms with van der Waals surface area (Å²) in [6.07, 6.45) is 0. The molecule has 0 amide bonds. The van der Waals surface area contributed by atoms with Crippen molar-refractivity contribution in [3.8, 4) is 0 Å². The van der Waals surface area contributed by atoms with Crippen LogP contribution < -0.4 is 0 Å². The standard InChI is InChI=1S/C17H40N4.C13H32N4.C9H24N4/c1-9-18(10-2)17(19(11-3)12-4,20(13-5)14-6)21(15-7)16-8;1-9-14(5)13(15(6)10-2,16(7)11-3)17(8)12-4;1-10(2)9(11(3)4,12(5)6)13(7)8/h9-16H2,1-8H3;9-12H2,1-8H3;1-8H3. The molecule has 0 aromatic carbocycles. The summed E-state index contributed by atoms with van der Waals surface area (Å²) >= 11 is 0. The molecule has 0 atom stereocenters. The Balaban J connectivity index is -0.000000697. The zero-order valence-corrected chi connectivity index (χ0v) is 39.4. The molecule has 0 aromatic heterocycles. The third-order valence-electron chi connectivity index (χ3n) is 11.1. The molecule has 0 spiro atoms. The van der Waals surface area contributed by atoms with Crippen LogP contribution in [-0.4, -0.2) is 240 Å². The minimum absolute atomic E-state index is 0.0972. The fourth-order valence-corrected chi connectivity index (χ4v) is 8.79.